The van der Waals surface area contributed by atoms with Crippen molar-refractivity contribution in [2.24, 2.45) is 16.3 Å². The molecule has 1 atom stereocenters. The fraction of sp³-hybridized carbons (Fsp3) is 0.348. The van der Waals surface area contributed by atoms with E-state index >= 15 is 0 Å². The van der Waals surface area contributed by atoms with Crippen molar-refractivity contribution in [2.75, 3.05) is 19.5 Å². The third-order valence-electron chi connectivity index (χ3n) is 4.73. The second kappa shape index (κ2) is 10.3. The molecule has 29 heavy (non-hydrogen) atoms. The van der Waals surface area contributed by atoms with E-state index < -0.39 is 29.3 Å². The number of aliphatic imine (C=N–C) groups is 1. The lowest BCUT2D eigenvalue weighted by Crippen LogP contribution is -2.45. The van der Waals surface area contributed by atoms with Crippen LogP contribution in [-0.2, 0) is 19.1 Å². The SMILES string of the molecule is COC(=O)C(C(=O)OC)C(N=C(c1ccccc1)c1ccccc1)C(C)(C)CBr. The first-order valence-electron chi connectivity index (χ1n) is 9.26. The summed E-state index contributed by atoms with van der Waals surface area (Å²) in [5.41, 5.74) is 1.94. The van der Waals surface area contributed by atoms with Crippen LogP contribution in [0.3, 0.4) is 0 Å². The van der Waals surface area contributed by atoms with Crippen molar-refractivity contribution in [2.45, 2.75) is 19.9 Å². The first-order valence-corrected chi connectivity index (χ1v) is 10.4. The van der Waals surface area contributed by atoms with Gasteiger partial charge in [-0.1, -0.05) is 90.4 Å². The standard InChI is InChI=1S/C23H26BrNO4/c1-23(2,15-24)20(18(21(26)28-3)22(27)29-4)25-19(16-11-7-5-8-12-16)17-13-9-6-10-14-17/h5-14,18,20H,15H2,1-4H3. The van der Waals surface area contributed by atoms with Gasteiger partial charge in [-0.05, 0) is 5.41 Å². The van der Waals surface area contributed by atoms with Crippen molar-refractivity contribution in [1.82, 2.24) is 0 Å². The Labute approximate surface area is 180 Å². The van der Waals surface area contributed by atoms with Gasteiger partial charge in [-0.2, -0.15) is 0 Å². The second-order valence-electron chi connectivity index (χ2n) is 7.30. The topological polar surface area (TPSA) is 65.0 Å². The molecule has 1 unspecified atom stereocenters. The molecule has 0 fully saturated rings. The average molecular weight is 460 g/mol. The van der Waals surface area contributed by atoms with Crippen LogP contribution in [-0.4, -0.2) is 43.2 Å². The van der Waals surface area contributed by atoms with E-state index in [1.807, 2.05) is 74.5 Å². The molecule has 2 aromatic carbocycles. The van der Waals surface area contributed by atoms with Crippen molar-refractivity contribution in [3.8, 4) is 0 Å². The van der Waals surface area contributed by atoms with Gasteiger partial charge in [-0.25, -0.2) is 0 Å². The van der Waals surface area contributed by atoms with Gasteiger partial charge in [0, 0.05) is 16.5 Å². The molecular formula is C23H26BrNO4. The van der Waals surface area contributed by atoms with Crippen molar-refractivity contribution >= 4 is 33.6 Å². The third-order valence-corrected chi connectivity index (χ3v) is 6.18. The van der Waals surface area contributed by atoms with Crippen molar-refractivity contribution in [3.05, 3.63) is 71.8 Å². The monoisotopic (exact) mass is 459 g/mol. The summed E-state index contributed by atoms with van der Waals surface area (Å²) >= 11 is 3.51. The number of rotatable bonds is 8. The molecule has 2 rings (SSSR count). The maximum absolute atomic E-state index is 12.6. The van der Waals surface area contributed by atoms with E-state index in [9.17, 15) is 9.59 Å². The molecule has 5 nitrogen and oxygen atoms in total. The summed E-state index contributed by atoms with van der Waals surface area (Å²) in [6, 6.07) is 18.7. The molecule has 6 heteroatoms. The van der Waals surface area contributed by atoms with E-state index in [1.165, 1.54) is 14.2 Å². The largest absolute Gasteiger partial charge is 0.468 e. The van der Waals surface area contributed by atoms with Crippen LogP contribution < -0.4 is 0 Å². The summed E-state index contributed by atoms with van der Waals surface area (Å²) in [6.45, 7) is 3.89. The first-order chi connectivity index (χ1) is 13.9. The van der Waals surface area contributed by atoms with Gasteiger partial charge in [0.15, 0.2) is 5.92 Å². The Bertz CT molecular complexity index is 792. The number of ether oxygens (including phenoxy) is 2. The van der Waals surface area contributed by atoms with Crippen LogP contribution in [0, 0.1) is 11.3 Å². The Morgan fingerprint density at radius 3 is 1.66 bits per heavy atom. The highest BCUT2D eigenvalue weighted by atomic mass is 79.9. The number of nitrogens with zero attached hydrogens (tertiary/aromatic N) is 1. The number of methoxy groups -OCH3 is 2. The minimum atomic E-state index is -1.18. The Morgan fingerprint density at radius 2 is 1.31 bits per heavy atom. The van der Waals surface area contributed by atoms with Gasteiger partial charge in [0.1, 0.15) is 0 Å². The fourth-order valence-electron chi connectivity index (χ4n) is 3.03. The molecule has 0 spiro atoms. The quantitative estimate of drug-likeness (QED) is 0.255. The van der Waals surface area contributed by atoms with Gasteiger partial charge >= 0.3 is 11.9 Å². The lowest BCUT2D eigenvalue weighted by atomic mass is 9.78. The molecule has 154 valence electrons. The fourth-order valence-corrected chi connectivity index (χ4v) is 3.37. The average Bonchev–Trinajstić information content (AvgIpc) is 2.76. The number of carbonyl (C=O) groups is 2. The van der Waals surface area contributed by atoms with Crippen molar-refractivity contribution in [3.63, 3.8) is 0 Å². The summed E-state index contributed by atoms with van der Waals surface area (Å²) < 4.78 is 9.85. The van der Waals surface area contributed by atoms with E-state index in [-0.39, 0.29) is 0 Å². The van der Waals surface area contributed by atoms with Gasteiger partial charge in [-0.15, -0.1) is 0 Å². The van der Waals surface area contributed by atoms with Crippen molar-refractivity contribution < 1.29 is 19.1 Å². The zero-order valence-electron chi connectivity index (χ0n) is 17.1. The molecule has 0 radical (unpaired) electrons. The maximum atomic E-state index is 12.6. The van der Waals surface area contributed by atoms with E-state index in [4.69, 9.17) is 14.5 Å². The van der Waals surface area contributed by atoms with E-state index in [2.05, 4.69) is 15.9 Å². The summed E-state index contributed by atoms with van der Waals surface area (Å²) in [7, 11) is 2.52. The van der Waals surface area contributed by atoms with Crippen LogP contribution in [0.5, 0.6) is 0 Å². The van der Waals surface area contributed by atoms with Crippen LogP contribution in [0.4, 0.5) is 0 Å². The van der Waals surface area contributed by atoms with Crippen LogP contribution in [0.2, 0.25) is 0 Å². The maximum Gasteiger partial charge on any atom is 0.322 e. The molecule has 2 aromatic rings. The molecule has 0 heterocycles. The molecule has 0 aliphatic carbocycles. The van der Waals surface area contributed by atoms with E-state index in [0.29, 0.717) is 11.0 Å². The predicted molar refractivity (Wildman–Crippen MR) is 117 cm³/mol. The van der Waals surface area contributed by atoms with Gasteiger partial charge in [0.2, 0.25) is 0 Å². The molecule has 0 aromatic heterocycles. The Morgan fingerprint density at radius 1 is 0.897 bits per heavy atom. The number of hydrogen-bond donors (Lipinski definition) is 0. The lowest BCUT2D eigenvalue weighted by Gasteiger charge is -2.34. The summed E-state index contributed by atoms with van der Waals surface area (Å²) in [4.78, 5) is 30.1. The highest BCUT2D eigenvalue weighted by Crippen LogP contribution is 2.33. The molecule has 0 aliphatic heterocycles. The molecule has 0 bridgehead atoms. The number of alkyl halides is 1. The van der Waals surface area contributed by atoms with E-state index in [1.54, 1.807) is 0 Å². The Balaban J connectivity index is 2.73. The zero-order chi connectivity index (χ0) is 21.4. The molecule has 0 saturated carbocycles. The van der Waals surface area contributed by atoms with E-state index in [0.717, 1.165) is 11.1 Å². The highest BCUT2D eigenvalue weighted by Gasteiger charge is 2.45. The lowest BCUT2D eigenvalue weighted by molar-refractivity contribution is -0.161. The Kier molecular flexibility index (Phi) is 8.14. The molecule has 0 N–H and O–H groups in total. The second-order valence-corrected chi connectivity index (χ2v) is 7.86. The van der Waals surface area contributed by atoms with Crippen LogP contribution >= 0.6 is 15.9 Å². The smallest absolute Gasteiger partial charge is 0.322 e. The van der Waals surface area contributed by atoms with Crippen LogP contribution in [0.1, 0.15) is 25.0 Å². The molecule has 0 saturated heterocycles. The molecular weight excluding hydrogens is 434 g/mol. The van der Waals surface area contributed by atoms with Gasteiger partial charge in [0.05, 0.1) is 26.0 Å². The summed E-state index contributed by atoms with van der Waals surface area (Å²) in [6.07, 6.45) is 0. The number of hydrogen-bond acceptors (Lipinski definition) is 5. The van der Waals surface area contributed by atoms with Crippen molar-refractivity contribution in [1.29, 1.82) is 0 Å². The number of carbonyl (C=O) groups excluding carboxylic acids is 2. The zero-order valence-corrected chi connectivity index (χ0v) is 18.7. The first kappa shape index (κ1) is 22.8. The normalized spacial score (nSPS) is 12.2. The number of esters is 2. The number of halogens is 1. The molecule has 0 amide bonds. The van der Waals surface area contributed by atoms with Gasteiger partial charge in [-0.3, -0.25) is 14.6 Å². The van der Waals surface area contributed by atoms with Gasteiger partial charge in [0.25, 0.3) is 0 Å². The minimum Gasteiger partial charge on any atom is -0.468 e. The molecule has 0 aliphatic rings. The Hall–Kier alpha value is -2.47. The summed E-state index contributed by atoms with van der Waals surface area (Å²) in [5.74, 6) is -2.51. The minimum absolute atomic E-state index is 0.523. The highest BCUT2D eigenvalue weighted by molar-refractivity contribution is 9.09. The van der Waals surface area contributed by atoms with Crippen LogP contribution in [0.15, 0.2) is 65.7 Å². The van der Waals surface area contributed by atoms with Crippen LogP contribution in [0.25, 0.3) is 0 Å². The number of benzene rings is 2. The third kappa shape index (κ3) is 5.54. The summed E-state index contributed by atoms with van der Waals surface area (Å²) in [5, 5.41) is 0.523. The predicted octanol–water partition coefficient (Wildman–Crippen LogP) is 4.28. The van der Waals surface area contributed by atoms with Gasteiger partial charge < -0.3 is 9.47 Å².